The Morgan fingerprint density at radius 2 is 2.17 bits per heavy atom. The molecule has 4 nitrogen and oxygen atoms in total. The Kier molecular flexibility index (Phi) is 3.57. The second-order valence-electron chi connectivity index (χ2n) is 3.53. The Bertz CT molecular complexity index is 604. The Morgan fingerprint density at radius 3 is 2.83 bits per heavy atom. The van der Waals surface area contributed by atoms with Crippen LogP contribution in [-0.4, -0.2) is 21.0 Å². The van der Waals surface area contributed by atoms with Crippen molar-refractivity contribution in [2.75, 3.05) is 0 Å². The summed E-state index contributed by atoms with van der Waals surface area (Å²) in [7, 11) is 0. The van der Waals surface area contributed by atoms with E-state index in [1.165, 1.54) is 12.1 Å². The lowest BCUT2D eigenvalue weighted by Crippen LogP contribution is -2.00. The average molecular weight is 264 g/mol. The third-order valence-electron chi connectivity index (χ3n) is 2.15. The molecule has 2 aromatic rings. The van der Waals surface area contributed by atoms with Gasteiger partial charge in [-0.25, -0.2) is 19.2 Å². The van der Waals surface area contributed by atoms with Crippen LogP contribution in [0.5, 0.6) is 0 Å². The molecule has 0 aliphatic carbocycles. The van der Waals surface area contributed by atoms with Gasteiger partial charge in [-0.15, -0.1) is 0 Å². The lowest BCUT2D eigenvalue weighted by Gasteiger charge is -2.05. The molecule has 92 valence electrons. The highest BCUT2D eigenvalue weighted by Gasteiger charge is 2.13. The summed E-state index contributed by atoms with van der Waals surface area (Å²) in [5.41, 5.74) is 0.691. The van der Waals surface area contributed by atoms with E-state index < -0.39 is 11.8 Å². The summed E-state index contributed by atoms with van der Waals surface area (Å²) in [6.45, 7) is 1.81. The predicted octanol–water partition coefficient (Wildman–Crippen LogP) is 2.77. The van der Waals surface area contributed by atoms with Crippen LogP contribution in [0.15, 0.2) is 40.5 Å². The number of benzene rings is 1. The zero-order chi connectivity index (χ0) is 13.1. The van der Waals surface area contributed by atoms with Gasteiger partial charge in [0.25, 0.3) is 0 Å². The van der Waals surface area contributed by atoms with Gasteiger partial charge in [0.15, 0.2) is 5.16 Å². The van der Waals surface area contributed by atoms with E-state index in [2.05, 4.69) is 9.97 Å². The van der Waals surface area contributed by atoms with Gasteiger partial charge in [0.2, 0.25) is 0 Å². The van der Waals surface area contributed by atoms with E-state index >= 15 is 0 Å². The smallest absolute Gasteiger partial charge is 0.336 e. The fourth-order valence-corrected chi connectivity index (χ4v) is 2.22. The van der Waals surface area contributed by atoms with Crippen molar-refractivity contribution in [2.24, 2.45) is 0 Å². The van der Waals surface area contributed by atoms with Crippen molar-refractivity contribution in [3.63, 3.8) is 0 Å². The summed E-state index contributed by atoms with van der Waals surface area (Å²) in [6.07, 6.45) is 1.59. The fraction of sp³-hybridized carbons (Fsp3) is 0.0833. The molecule has 0 atom stereocenters. The third-order valence-corrected chi connectivity index (χ3v) is 3.10. The van der Waals surface area contributed by atoms with Gasteiger partial charge in [-0.2, -0.15) is 0 Å². The topological polar surface area (TPSA) is 63.1 Å². The monoisotopic (exact) mass is 264 g/mol. The Balaban J connectivity index is 2.37. The van der Waals surface area contributed by atoms with Crippen molar-refractivity contribution in [1.29, 1.82) is 0 Å². The molecule has 0 unspecified atom stereocenters. The molecule has 0 spiro atoms. The van der Waals surface area contributed by atoms with Gasteiger partial charge in [-0.05, 0) is 43.0 Å². The van der Waals surface area contributed by atoms with Crippen LogP contribution in [0.25, 0.3) is 0 Å². The molecule has 0 radical (unpaired) electrons. The van der Waals surface area contributed by atoms with Crippen molar-refractivity contribution in [3.8, 4) is 0 Å². The number of halogens is 1. The molecule has 1 aromatic heterocycles. The fourth-order valence-electron chi connectivity index (χ4n) is 1.33. The highest BCUT2D eigenvalue weighted by molar-refractivity contribution is 7.99. The van der Waals surface area contributed by atoms with E-state index in [-0.39, 0.29) is 5.56 Å². The molecule has 0 amide bonds. The molecule has 1 N–H and O–H groups in total. The average Bonchev–Trinajstić information content (AvgIpc) is 2.31. The Hall–Kier alpha value is -1.95. The van der Waals surface area contributed by atoms with E-state index in [0.29, 0.717) is 10.1 Å². The first kappa shape index (κ1) is 12.5. The number of hydrogen-bond donors (Lipinski definition) is 1. The van der Waals surface area contributed by atoms with Crippen LogP contribution in [0.2, 0.25) is 0 Å². The quantitative estimate of drug-likeness (QED) is 0.864. The zero-order valence-electron chi connectivity index (χ0n) is 9.42. The number of hydrogen-bond acceptors (Lipinski definition) is 4. The molecule has 0 aliphatic heterocycles. The molecule has 6 heteroatoms. The number of rotatable bonds is 3. The first-order chi connectivity index (χ1) is 8.56. The molecule has 1 heterocycles. The summed E-state index contributed by atoms with van der Waals surface area (Å²) in [5, 5.41) is 9.44. The normalized spacial score (nSPS) is 10.3. The SMILES string of the molecule is Cc1ccnc(Sc2ccc(F)cc2C(=O)O)n1. The number of aromatic carboxylic acids is 1. The summed E-state index contributed by atoms with van der Waals surface area (Å²) in [5.74, 6) is -1.76. The number of carbonyl (C=O) groups is 1. The van der Waals surface area contributed by atoms with Crippen LogP contribution in [0.3, 0.4) is 0 Å². The lowest BCUT2D eigenvalue weighted by atomic mass is 10.2. The molecule has 0 aliphatic rings. The minimum Gasteiger partial charge on any atom is -0.478 e. The maximum Gasteiger partial charge on any atom is 0.336 e. The van der Waals surface area contributed by atoms with Crippen molar-refractivity contribution in [1.82, 2.24) is 9.97 Å². The van der Waals surface area contributed by atoms with Gasteiger partial charge in [0.05, 0.1) is 5.56 Å². The second-order valence-corrected chi connectivity index (χ2v) is 4.54. The number of carboxylic acids is 1. The summed E-state index contributed by atoms with van der Waals surface area (Å²) in [4.78, 5) is 19.6. The summed E-state index contributed by atoms with van der Waals surface area (Å²) < 4.78 is 13.0. The van der Waals surface area contributed by atoms with Crippen LogP contribution < -0.4 is 0 Å². The standard InChI is InChI=1S/C12H9FN2O2S/c1-7-4-5-14-12(15-7)18-10-3-2-8(13)6-9(10)11(16)17/h2-6H,1H3,(H,16,17). The van der Waals surface area contributed by atoms with E-state index in [4.69, 9.17) is 5.11 Å². The minimum absolute atomic E-state index is 0.0925. The lowest BCUT2D eigenvalue weighted by molar-refractivity contribution is 0.0692. The zero-order valence-corrected chi connectivity index (χ0v) is 10.2. The highest BCUT2D eigenvalue weighted by Crippen LogP contribution is 2.28. The van der Waals surface area contributed by atoms with E-state index in [1.54, 1.807) is 12.3 Å². The van der Waals surface area contributed by atoms with E-state index in [1.807, 2.05) is 6.92 Å². The van der Waals surface area contributed by atoms with Crippen LogP contribution in [0.4, 0.5) is 4.39 Å². The maximum absolute atomic E-state index is 13.0. The molecular formula is C12H9FN2O2S. The van der Waals surface area contributed by atoms with Gasteiger partial charge in [0, 0.05) is 16.8 Å². The molecule has 0 saturated carbocycles. The van der Waals surface area contributed by atoms with Crippen molar-refractivity contribution in [3.05, 3.63) is 47.5 Å². The van der Waals surface area contributed by atoms with Crippen LogP contribution in [-0.2, 0) is 0 Å². The number of aromatic nitrogens is 2. The first-order valence-corrected chi connectivity index (χ1v) is 5.88. The Morgan fingerprint density at radius 1 is 1.39 bits per heavy atom. The van der Waals surface area contributed by atoms with Crippen LogP contribution >= 0.6 is 11.8 Å². The summed E-state index contributed by atoms with van der Waals surface area (Å²) in [6, 6.07) is 5.35. The van der Waals surface area contributed by atoms with Gasteiger partial charge >= 0.3 is 5.97 Å². The molecule has 0 saturated heterocycles. The summed E-state index contributed by atoms with van der Waals surface area (Å²) >= 11 is 1.10. The minimum atomic E-state index is -1.18. The Labute approximate surface area is 107 Å². The molecule has 18 heavy (non-hydrogen) atoms. The molecule has 0 bridgehead atoms. The maximum atomic E-state index is 13.0. The molecule has 2 rings (SSSR count). The van der Waals surface area contributed by atoms with E-state index in [0.717, 1.165) is 23.5 Å². The molecular weight excluding hydrogens is 255 g/mol. The van der Waals surface area contributed by atoms with Crippen molar-refractivity contribution < 1.29 is 14.3 Å². The number of nitrogens with zero attached hydrogens (tertiary/aromatic N) is 2. The van der Waals surface area contributed by atoms with Crippen LogP contribution in [0.1, 0.15) is 16.1 Å². The molecule has 0 fully saturated rings. The third kappa shape index (κ3) is 2.84. The largest absolute Gasteiger partial charge is 0.478 e. The highest BCUT2D eigenvalue weighted by atomic mass is 32.2. The first-order valence-electron chi connectivity index (χ1n) is 5.06. The second kappa shape index (κ2) is 5.14. The van der Waals surface area contributed by atoms with Crippen molar-refractivity contribution >= 4 is 17.7 Å². The van der Waals surface area contributed by atoms with Gasteiger partial charge < -0.3 is 5.11 Å². The van der Waals surface area contributed by atoms with Gasteiger partial charge in [-0.1, -0.05) is 0 Å². The van der Waals surface area contributed by atoms with Gasteiger partial charge in [-0.3, -0.25) is 0 Å². The molecule has 1 aromatic carbocycles. The number of aryl methyl sites for hydroxylation is 1. The van der Waals surface area contributed by atoms with E-state index in [9.17, 15) is 9.18 Å². The predicted molar refractivity (Wildman–Crippen MR) is 64.3 cm³/mol. The van der Waals surface area contributed by atoms with Gasteiger partial charge in [0.1, 0.15) is 5.82 Å². The number of carboxylic acid groups (broad SMARTS) is 1. The van der Waals surface area contributed by atoms with Crippen LogP contribution in [0, 0.1) is 12.7 Å². The van der Waals surface area contributed by atoms with Crippen molar-refractivity contribution in [2.45, 2.75) is 17.0 Å².